The maximum atomic E-state index is 8.55. The summed E-state index contributed by atoms with van der Waals surface area (Å²) in [5.41, 5.74) is 2.79. The van der Waals surface area contributed by atoms with Crippen LogP contribution in [0, 0.1) is 15.7 Å². The van der Waals surface area contributed by atoms with E-state index in [1.165, 1.54) is 0 Å². The molecule has 2 rings (SSSR count). The number of fused-ring (bicyclic) bond motifs is 1. The van der Waals surface area contributed by atoms with Gasteiger partial charge in [0, 0.05) is 5.56 Å². The van der Waals surface area contributed by atoms with E-state index in [1.807, 2.05) is 18.2 Å². The maximum Gasteiger partial charge on any atom is 0.169 e. The molecule has 0 saturated heterocycles. The average molecular weight is 298 g/mol. The molecule has 0 bridgehead atoms. The van der Waals surface area contributed by atoms with Crippen LogP contribution in [0.5, 0.6) is 0 Å². The summed E-state index contributed by atoms with van der Waals surface area (Å²) >= 11 is 2.13. The molecule has 3 nitrogen and oxygen atoms in total. The Morgan fingerprint density at radius 1 is 1.50 bits per heavy atom. The lowest BCUT2D eigenvalue weighted by Crippen LogP contribution is -1.77. The Balaban J connectivity index is 2.50. The fourth-order valence-corrected chi connectivity index (χ4v) is 1.75. The molecule has 2 N–H and O–H groups in total. The summed E-state index contributed by atoms with van der Waals surface area (Å²) in [5.74, 6) is 5.45. The van der Waals surface area contributed by atoms with Crippen molar-refractivity contribution in [1.29, 1.82) is 0 Å². The van der Waals surface area contributed by atoms with Crippen molar-refractivity contribution in [3.05, 3.63) is 27.6 Å². The van der Waals surface area contributed by atoms with Crippen LogP contribution in [0.15, 0.2) is 18.2 Å². The van der Waals surface area contributed by atoms with E-state index in [0.717, 1.165) is 20.4 Å². The minimum Gasteiger partial charge on any atom is -0.384 e. The number of aliphatic hydroxyl groups excluding tert-OH is 1. The molecule has 0 unspecified atom stereocenters. The normalized spacial score (nSPS) is 9.86. The number of H-pyrrole nitrogens is 1. The van der Waals surface area contributed by atoms with Crippen LogP contribution in [0.1, 0.15) is 5.56 Å². The van der Waals surface area contributed by atoms with Gasteiger partial charge in [0.15, 0.2) is 3.83 Å². The summed E-state index contributed by atoms with van der Waals surface area (Å²) in [6.07, 6.45) is 0. The Bertz CT molecular complexity index is 522. The van der Waals surface area contributed by atoms with Gasteiger partial charge in [-0.05, 0) is 40.8 Å². The fraction of sp³-hybridized carbons (Fsp3) is 0.100. The quantitative estimate of drug-likeness (QED) is 0.572. The number of benzene rings is 1. The first-order valence-corrected chi connectivity index (χ1v) is 5.12. The zero-order valence-electron chi connectivity index (χ0n) is 7.21. The first kappa shape index (κ1) is 9.49. The predicted octanol–water partition coefficient (Wildman–Crippen LogP) is 1.51. The van der Waals surface area contributed by atoms with Crippen molar-refractivity contribution < 1.29 is 5.11 Å². The van der Waals surface area contributed by atoms with Gasteiger partial charge in [-0.2, -0.15) is 0 Å². The highest BCUT2D eigenvalue weighted by Gasteiger charge is 1.99. The highest BCUT2D eigenvalue weighted by atomic mass is 127. The summed E-state index contributed by atoms with van der Waals surface area (Å²) in [7, 11) is 0. The average Bonchev–Trinajstić information content (AvgIpc) is 2.54. The second kappa shape index (κ2) is 3.98. The van der Waals surface area contributed by atoms with Gasteiger partial charge in [0.1, 0.15) is 6.61 Å². The maximum absolute atomic E-state index is 8.55. The molecule has 1 aromatic heterocycles. The van der Waals surface area contributed by atoms with Gasteiger partial charge in [0.2, 0.25) is 0 Å². The third kappa shape index (κ3) is 1.89. The van der Waals surface area contributed by atoms with E-state index in [4.69, 9.17) is 5.11 Å². The highest BCUT2D eigenvalue weighted by Crippen LogP contribution is 2.13. The zero-order valence-corrected chi connectivity index (χ0v) is 9.37. The van der Waals surface area contributed by atoms with Crippen LogP contribution in [0.3, 0.4) is 0 Å². The van der Waals surface area contributed by atoms with E-state index < -0.39 is 0 Å². The van der Waals surface area contributed by atoms with Crippen LogP contribution >= 0.6 is 22.6 Å². The lowest BCUT2D eigenvalue weighted by atomic mass is 10.2. The molecule has 0 radical (unpaired) electrons. The number of hydrogen-bond donors (Lipinski definition) is 2. The third-order valence-corrected chi connectivity index (χ3v) is 2.28. The molecule has 0 saturated carbocycles. The van der Waals surface area contributed by atoms with Gasteiger partial charge in [-0.25, -0.2) is 4.98 Å². The molecule has 70 valence electrons. The van der Waals surface area contributed by atoms with Crippen LogP contribution in [0.25, 0.3) is 11.0 Å². The second-order valence-corrected chi connectivity index (χ2v) is 3.74. The third-order valence-electron chi connectivity index (χ3n) is 1.76. The second-order valence-electron chi connectivity index (χ2n) is 2.72. The molecule has 0 fully saturated rings. The lowest BCUT2D eigenvalue weighted by Gasteiger charge is -1.89. The fourth-order valence-electron chi connectivity index (χ4n) is 1.20. The molecule has 0 amide bonds. The van der Waals surface area contributed by atoms with E-state index in [-0.39, 0.29) is 6.61 Å². The van der Waals surface area contributed by atoms with Crippen molar-refractivity contribution in [1.82, 2.24) is 9.97 Å². The molecule has 14 heavy (non-hydrogen) atoms. The van der Waals surface area contributed by atoms with Crippen LogP contribution in [0.4, 0.5) is 0 Å². The van der Waals surface area contributed by atoms with Crippen molar-refractivity contribution in [3.63, 3.8) is 0 Å². The monoisotopic (exact) mass is 298 g/mol. The predicted molar refractivity (Wildman–Crippen MR) is 62.8 cm³/mol. The number of aliphatic hydroxyl groups is 1. The number of rotatable bonds is 0. The van der Waals surface area contributed by atoms with Gasteiger partial charge < -0.3 is 10.1 Å². The summed E-state index contributed by atoms with van der Waals surface area (Å²) in [5, 5.41) is 8.55. The Kier molecular flexibility index (Phi) is 2.70. The molecule has 4 heteroatoms. The largest absolute Gasteiger partial charge is 0.384 e. The number of hydrogen-bond acceptors (Lipinski definition) is 2. The Morgan fingerprint density at radius 2 is 2.36 bits per heavy atom. The van der Waals surface area contributed by atoms with E-state index in [0.29, 0.717) is 0 Å². The molecule has 0 spiro atoms. The van der Waals surface area contributed by atoms with Gasteiger partial charge in [0.25, 0.3) is 0 Å². The van der Waals surface area contributed by atoms with Crippen molar-refractivity contribution in [3.8, 4) is 11.8 Å². The van der Waals surface area contributed by atoms with Crippen LogP contribution in [-0.2, 0) is 0 Å². The Morgan fingerprint density at radius 3 is 3.14 bits per heavy atom. The Labute approximate surface area is 94.7 Å². The molecular weight excluding hydrogens is 291 g/mol. The van der Waals surface area contributed by atoms with Crippen LogP contribution in [0.2, 0.25) is 0 Å². The highest BCUT2D eigenvalue weighted by molar-refractivity contribution is 14.1. The van der Waals surface area contributed by atoms with Crippen molar-refractivity contribution in [2.45, 2.75) is 0 Å². The van der Waals surface area contributed by atoms with E-state index in [9.17, 15) is 0 Å². The zero-order chi connectivity index (χ0) is 9.97. The van der Waals surface area contributed by atoms with Crippen LogP contribution < -0.4 is 0 Å². The number of nitrogens with one attached hydrogen (secondary N) is 1. The van der Waals surface area contributed by atoms with E-state index >= 15 is 0 Å². The van der Waals surface area contributed by atoms with Crippen molar-refractivity contribution in [2.24, 2.45) is 0 Å². The van der Waals surface area contributed by atoms with Gasteiger partial charge >= 0.3 is 0 Å². The standard InChI is InChI=1S/C10H7IN2O/c11-10-12-8-4-3-7(2-1-5-14)6-9(8)13-10/h3-4,6,14H,5H2,(H,12,13). The van der Waals surface area contributed by atoms with Crippen LogP contribution in [-0.4, -0.2) is 21.7 Å². The molecular formula is C10H7IN2O. The van der Waals surface area contributed by atoms with Gasteiger partial charge in [0.05, 0.1) is 11.0 Å². The summed E-state index contributed by atoms with van der Waals surface area (Å²) in [6.45, 7) is -0.113. The first-order chi connectivity index (χ1) is 6.79. The van der Waals surface area contributed by atoms with Gasteiger partial charge in [-0.1, -0.05) is 11.8 Å². The van der Waals surface area contributed by atoms with Crippen molar-refractivity contribution in [2.75, 3.05) is 6.61 Å². The molecule has 1 heterocycles. The molecule has 2 aromatic rings. The number of nitrogens with zero attached hydrogens (tertiary/aromatic N) is 1. The van der Waals surface area contributed by atoms with E-state index in [2.05, 4.69) is 44.4 Å². The minimum atomic E-state index is -0.113. The van der Waals surface area contributed by atoms with Gasteiger partial charge in [-0.15, -0.1) is 0 Å². The van der Waals surface area contributed by atoms with Crippen molar-refractivity contribution >= 4 is 33.6 Å². The molecule has 0 aliphatic rings. The Hall–Kier alpha value is -1.06. The summed E-state index contributed by atoms with van der Waals surface area (Å²) in [6, 6.07) is 5.73. The number of halogens is 1. The SMILES string of the molecule is OCC#Cc1ccc2nc(I)[nH]c2c1. The number of aromatic amines is 1. The topological polar surface area (TPSA) is 48.9 Å². The molecule has 0 aliphatic heterocycles. The molecule has 0 aliphatic carbocycles. The number of imidazole rings is 1. The van der Waals surface area contributed by atoms with Gasteiger partial charge in [-0.3, -0.25) is 0 Å². The van der Waals surface area contributed by atoms with E-state index in [1.54, 1.807) is 0 Å². The first-order valence-electron chi connectivity index (χ1n) is 4.04. The molecule has 0 atom stereocenters. The summed E-state index contributed by atoms with van der Waals surface area (Å²) < 4.78 is 0.866. The smallest absolute Gasteiger partial charge is 0.169 e. The number of aromatic nitrogens is 2. The molecule has 1 aromatic carbocycles. The minimum absolute atomic E-state index is 0.113. The summed E-state index contributed by atoms with van der Waals surface area (Å²) in [4.78, 5) is 7.39. The lowest BCUT2D eigenvalue weighted by molar-refractivity contribution is 0.350.